The van der Waals surface area contributed by atoms with Crippen molar-refractivity contribution in [1.29, 1.82) is 0 Å². The first-order valence-electron chi connectivity index (χ1n) is 8.50. The van der Waals surface area contributed by atoms with Crippen LogP contribution in [0.5, 0.6) is 0 Å². The first-order chi connectivity index (χ1) is 10.9. The van der Waals surface area contributed by atoms with Crippen molar-refractivity contribution in [1.82, 2.24) is 9.47 Å². The number of piperidine rings is 1. The van der Waals surface area contributed by atoms with Crippen LogP contribution in [-0.4, -0.2) is 28.5 Å². The molecule has 0 N–H and O–H groups in total. The second-order valence-corrected chi connectivity index (χ2v) is 7.47. The second-order valence-electron chi connectivity index (χ2n) is 7.04. The number of benzene rings is 1. The third kappa shape index (κ3) is 2.87. The van der Waals surface area contributed by atoms with Gasteiger partial charge in [-0.2, -0.15) is 0 Å². The summed E-state index contributed by atoms with van der Waals surface area (Å²) in [5.74, 6) is 1.30. The van der Waals surface area contributed by atoms with Crippen LogP contribution in [0.4, 0.5) is 0 Å². The number of aryl methyl sites for hydroxylation is 2. The van der Waals surface area contributed by atoms with E-state index in [1.54, 1.807) is 0 Å². The van der Waals surface area contributed by atoms with Crippen molar-refractivity contribution in [3.05, 3.63) is 34.5 Å². The van der Waals surface area contributed by atoms with Gasteiger partial charge in [0.2, 0.25) is 0 Å². The van der Waals surface area contributed by atoms with E-state index in [1.807, 2.05) is 30.0 Å². The van der Waals surface area contributed by atoms with Gasteiger partial charge in [0, 0.05) is 35.6 Å². The average Bonchev–Trinajstić information content (AvgIpc) is 2.77. The monoisotopic (exact) mass is 332 g/mol. The van der Waals surface area contributed by atoms with Gasteiger partial charge in [0.05, 0.1) is 0 Å². The molecule has 0 spiro atoms. The van der Waals surface area contributed by atoms with Gasteiger partial charge in [0.15, 0.2) is 0 Å². The van der Waals surface area contributed by atoms with Crippen molar-refractivity contribution in [2.75, 3.05) is 13.1 Å². The highest BCUT2D eigenvalue weighted by molar-refractivity contribution is 6.31. The zero-order chi connectivity index (χ0) is 16.7. The lowest BCUT2D eigenvalue weighted by Crippen LogP contribution is -2.43. The molecule has 1 aliphatic heterocycles. The summed E-state index contributed by atoms with van der Waals surface area (Å²) in [5.41, 5.74) is 2.96. The maximum Gasteiger partial charge on any atom is 0.270 e. The van der Waals surface area contributed by atoms with Crippen molar-refractivity contribution < 1.29 is 4.79 Å². The summed E-state index contributed by atoms with van der Waals surface area (Å²) in [6.07, 6.45) is 1.20. The molecule has 2 aromatic rings. The summed E-state index contributed by atoms with van der Waals surface area (Å²) in [5, 5.41) is 1.80. The lowest BCUT2D eigenvalue weighted by atomic mass is 9.91. The Labute approximate surface area is 143 Å². The van der Waals surface area contributed by atoms with Crippen LogP contribution in [0.3, 0.4) is 0 Å². The maximum atomic E-state index is 13.2. The predicted molar refractivity (Wildman–Crippen MR) is 96.2 cm³/mol. The molecule has 0 bridgehead atoms. The van der Waals surface area contributed by atoms with Crippen molar-refractivity contribution in [2.24, 2.45) is 11.8 Å². The Hall–Kier alpha value is -1.48. The summed E-state index contributed by atoms with van der Waals surface area (Å²) in [6.45, 7) is 11.1. The summed E-state index contributed by atoms with van der Waals surface area (Å²) >= 11 is 6.16. The van der Waals surface area contributed by atoms with Gasteiger partial charge in [0.1, 0.15) is 5.69 Å². The van der Waals surface area contributed by atoms with E-state index in [-0.39, 0.29) is 5.91 Å². The highest BCUT2D eigenvalue weighted by Gasteiger charge is 2.29. The molecule has 3 rings (SSSR count). The minimum atomic E-state index is 0.162. The van der Waals surface area contributed by atoms with E-state index in [4.69, 9.17) is 11.6 Å². The molecule has 1 amide bonds. The van der Waals surface area contributed by atoms with Crippen molar-refractivity contribution in [2.45, 2.75) is 40.7 Å². The molecular weight excluding hydrogens is 308 g/mol. The SMILES string of the molecule is CCn1c(C(=O)N2CC(C)CC(C)C2)c(C)c2cc(Cl)ccc21. The number of amides is 1. The van der Waals surface area contributed by atoms with Crippen LogP contribution in [0.2, 0.25) is 5.02 Å². The first kappa shape index (κ1) is 16.4. The van der Waals surface area contributed by atoms with E-state index in [9.17, 15) is 4.79 Å². The van der Waals surface area contributed by atoms with Crippen LogP contribution in [0.1, 0.15) is 43.2 Å². The predicted octanol–water partition coefficient (Wildman–Crippen LogP) is 4.74. The Morgan fingerprint density at radius 2 is 1.91 bits per heavy atom. The molecule has 3 nitrogen and oxygen atoms in total. The molecule has 23 heavy (non-hydrogen) atoms. The second kappa shape index (κ2) is 6.20. The van der Waals surface area contributed by atoms with Crippen molar-refractivity contribution in [3.63, 3.8) is 0 Å². The maximum absolute atomic E-state index is 13.2. The molecule has 2 heterocycles. The van der Waals surface area contributed by atoms with Crippen LogP contribution >= 0.6 is 11.6 Å². The van der Waals surface area contributed by atoms with Gasteiger partial charge in [-0.05, 0) is 55.9 Å². The molecular formula is C19H25ClN2O. The largest absolute Gasteiger partial charge is 0.337 e. The smallest absolute Gasteiger partial charge is 0.270 e. The Kier molecular flexibility index (Phi) is 4.41. The molecule has 0 saturated carbocycles. The Morgan fingerprint density at radius 1 is 1.26 bits per heavy atom. The fourth-order valence-corrected chi connectivity index (χ4v) is 4.25. The molecule has 1 aromatic heterocycles. The zero-order valence-corrected chi connectivity index (χ0v) is 15.2. The quantitative estimate of drug-likeness (QED) is 0.779. The van der Waals surface area contributed by atoms with E-state index in [0.717, 1.165) is 41.8 Å². The van der Waals surface area contributed by atoms with E-state index in [0.29, 0.717) is 16.9 Å². The fourth-order valence-electron chi connectivity index (χ4n) is 4.08. The third-order valence-corrected chi connectivity index (χ3v) is 5.19. The number of fused-ring (bicyclic) bond motifs is 1. The summed E-state index contributed by atoms with van der Waals surface area (Å²) < 4.78 is 2.13. The Bertz CT molecular complexity index is 739. The van der Waals surface area contributed by atoms with Crippen LogP contribution < -0.4 is 0 Å². The van der Waals surface area contributed by atoms with Gasteiger partial charge in [-0.3, -0.25) is 4.79 Å². The number of hydrogen-bond donors (Lipinski definition) is 0. The summed E-state index contributed by atoms with van der Waals surface area (Å²) in [6, 6.07) is 5.89. The summed E-state index contributed by atoms with van der Waals surface area (Å²) in [4.78, 5) is 15.3. The standard InChI is InChI=1S/C19H25ClN2O/c1-5-22-17-7-6-15(20)9-16(17)14(4)18(22)19(23)21-10-12(2)8-13(3)11-21/h6-7,9,12-13H,5,8,10-11H2,1-4H3. The van der Waals surface area contributed by atoms with E-state index >= 15 is 0 Å². The van der Waals surface area contributed by atoms with Gasteiger partial charge < -0.3 is 9.47 Å². The Morgan fingerprint density at radius 3 is 2.52 bits per heavy atom. The van der Waals surface area contributed by atoms with Gasteiger partial charge >= 0.3 is 0 Å². The molecule has 1 fully saturated rings. The summed E-state index contributed by atoms with van der Waals surface area (Å²) in [7, 11) is 0. The average molecular weight is 333 g/mol. The molecule has 1 aromatic carbocycles. The van der Waals surface area contributed by atoms with Crippen molar-refractivity contribution in [3.8, 4) is 0 Å². The van der Waals surface area contributed by atoms with Gasteiger partial charge in [0.25, 0.3) is 5.91 Å². The fraction of sp³-hybridized carbons (Fsp3) is 0.526. The number of rotatable bonds is 2. The van der Waals surface area contributed by atoms with Gasteiger partial charge in [-0.15, -0.1) is 0 Å². The van der Waals surface area contributed by atoms with E-state index < -0.39 is 0 Å². The number of nitrogens with zero attached hydrogens (tertiary/aromatic N) is 2. The van der Waals surface area contributed by atoms with Gasteiger partial charge in [-0.25, -0.2) is 0 Å². The molecule has 2 unspecified atom stereocenters. The lowest BCUT2D eigenvalue weighted by Gasteiger charge is -2.35. The minimum absolute atomic E-state index is 0.162. The van der Waals surface area contributed by atoms with Crippen LogP contribution in [0.15, 0.2) is 18.2 Å². The number of carbonyl (C=O) groups excluding carboxylic acids is 1. The molecule has 124 valence electrons. The normalized spacial score (nSPS) is 21.9. The third-order valence-electron chi connectivity index (χ3n) is 4.95. The molecule has 0 radical (unpaired) electrons. The van der Waals surface area contributed by atoms with Crippen molar-refractivity contribution >= 4 is 28.4 Å². The lowest BCUT2D eigenvalue weighted by molar-refractivity contribution is 0.0612. The molecule has 2 atom stereocenters. The van der Waals surface area contributed by atoms with Gasteiger partial charge in [-0.1, -0.05) is 25.4 Å². The number of aromatic nitrogens is 1. The molecule has 4 heteroatoms. The number of likely N-dealkylation sites (tertiary alicyclic amines) is 1. The molecule has 1 aliphatic rings. The van der Waals surface area contributed by atoms with Crippen LogP contribution in [0, 0.1) is 18.8 Å². The zero-order valence-electron chi connectivity index (χ0n) is 14.4. The number of hydrogen-bond acceptors (Lipinski definition) is 1. The van der Waals surface area contributed by atoms with E-state index in [1.165, 1.54) is 6.42 Å². The van der Waals surface area contributed by atoms with Crippen LogP contribution in [-0.2, 0) is 6.54 Å². The molecule has 0 aliphatic carbocycles. The highest BCUT2D eigenvalue weighted by Crippen LogP contribution is 2.30. The minimum Gasteiger partial charge on any atom is -0.337 e. The molecule has 1 saturated heterocycles. The first-order valence-corrected chi connectivity index (χ1v) is 8.87. The number of carbonyl (C=O) groups is 1. The Balaban J connectivity index is 2.08. The van der Waals surface area contributed by atoms with E-state index in [2.05, 4.69) is 25.3 Å². The van der Waals surface area contributed by atoms with Crippen LogP contribution in [0.25, 0.3) is 10.9 Å². The number of halogens is 1. The highest BCUT2D eigenvalue weighted by atomic mass is 35.5. The topological polar surface area (TPSA) is 25.2 Å².